The van der Waals surface area contributed by atoms with E-state index in [1.54, 1.807) is 0 Å². The Morgan fingerprint density at radius 2 is 0.944 bits per heavy atom. The Labute approximate surface area is 214 Å². The van der Waals surface area contributed by atoms with Crippen LogP contribution in [0.5, 0.6) is 0 Å². The molecule has 0 unspecified atom stereocenters. The summed E-state index contributed by atoms with van der Waals surface area (Å²) in [5, 5.41) is 2.13. The van der Waals surface area contributed by atoms with E-state index in [2.05, 4.69) is 150 Å². The average molecular weight is 470 g/mol. The first-order valence-corrected chi connectivity index (χ1v) is 12.4. The van der Waals surface area contributed by atoms with Crippen molar-refractivity contribution in [2.45, 2.75) is 20.0 Å². The Hall–Kier alpha value is -4.50. The molecule has 0 spiro atoms. The molecule has 178 valence electrons. The van der Waals surface area contributed by atoms with Crippen LogP contribution in [0.25, 0.3) is 0 Å². The van der Waals surface area contributed by atoms with Crippen LogP contribution >= 0.6 is 0 Å². The number of hydrazine groups is 1. The molecule has 36 heavy (non-hydrogen) atoms. The summed E-state index contributed by atoms with van der Waals surface area (Å²) in [5.74, 6) is 0. The zero-order valence-corrected chi connectivity index (χ0v) is 20.6. The number of para-hydroxylation sites is 2. The van der Waals surface area contributed by atoms with Crippen molar-refractivity contribution in [2.24, 2.45) is 0 Å². The van der Waals surface area contributed by atoms with Gasteiger partial charge in [-0.25, -0.2) is 0 Å². The second kappa shape index (κ2) is 11.3. The fraction of sp³-hybridized carbons (Fsp3) is 0.0909. The first kappa shape index (κ1) is 23.3. The normalized spacial score (nSPS) is 10.6. The third-order valence-corrected chi connectivity index (χ3v) is 6.27. The van der Waals surface area contributed by atoms with Gasteiger partial charge >= 0.3 is 0 Å². The topological polar surface area (TPSA) is 18.5 Å². The van der Waals surface area contributed by atoms with Crippen LogP contribution in [0.3, 0.4) is 0 Å². The number of nitrogens with zero attached hydrogens (tertiary/aromatic N) is 2. The zero-order valence-electron chi connectivity index (χ0n) is 20.6. The molecule has 0 radical (unpaired) electrons. The van der Waals surface area contributed by atoms with Gasteiger partial charge in [0.15, 0.2) is 0 Å². The standard InChI is InChI=1S/C33H31N3/c1-27-24-32(35(25-28-14-6-2-7-15-28)26-29-16-8-3-9-17-29)22-23-33(27)34-36(30-18-10-4-11-19-30)31-20-12-5-13-21-31/h2-24,34H,25-26H2,1H3. The average Bonchev–Trinajstić information content (AvgIpc) is 2.94. The molecule has 1 N–H and O–H groups in total. The van der Waals surface area contributed by atoms with Crippen LogP contribution in [0.1, 0.15) is 16.7 Å². The molecule has 3 nitrogen and oxygen atoms in total. The zero-order chi connectivity index (χ0) is 24.6. The van der Waals surface area contributed by atoms with Crippen LogP contribution in [0.4, 0.5) is 22.7 Å². The Kier molecular flexibility index (Phi) is 7.29. The monoisotopic (exact) mass is 469 g/mol. The lowest BCUT2D eigenvalue weighted by Gasteiger charge is -2.29. The van der Waals surface area contributed by atoms with E-state index in [0.717, 1.165) is 30.2 Å². The maximum absolute atomic E-state index is 3.66. The van der Waals surface area contributed by atoms with Crippen molar-refractivity contribution < 1.29 is 0 Å². The maximum Gasteiger partial charge on any atom is 0.0630 e. The van der Waals surface area contributed by atoms with Crippen molar-refractivity contribution >= 4 is 22.7 Å². The van der Waals surface area contributed by atoms with Gasteiger partial charge in [-0.2, -0.15) is 0 Å². The van der Waals surface area contributed by atoms with Gasteiger partial charge in [0, 0.05) is 18.8 Å². The minimum Gasteiger partial charge on any atom is -0.363 e. The van der Waals surface area contributed by atoms with E-state index in [1.807, 2.05) is 12.1 Å². The molecule has 0 atom stereocenters. The van der Waals surface area contributed by atoms with Crippen molar-refractivity contribution in [1.82, 2.24) is 0 Å². The Morgan fingerprint density at radius 1 is 0.500 bits per heavy atom. The molecule has 5 rings (SSSR count). The van der Waals surface area contributed by atoms with E-state index < -0.39 is 0 Å². The summed E-state index contributed by atoms with van der Waals surface area (Å²) < 4.78 is 0. The minimum atomic E-state index is 0.849. The van der Waals surface area contributed by atoms with Gasteiger partial charge in [-0.15, -0.1) is 0 Å². The SMILES string of the molecule is Cc1cc(N(Cc2ccccc2)Cc2ccccc2)ccc1NN(c1ccccc1)c1ccccc1. The maximum atomic E-state index is 3.66. The summed E-state index contributed by atoms with van der Waals surface area (Å²) in [6.07, 6.45) is 0. The highest BCUT2D eigenvalue weighted by molar-refractivity contribution is 5.70. The molecule has 0 saturated heterocycles. The second-order valence-corrected chi connectivity index (χ2v) is 8.94. The quantitative estimate of drug-likeness (QED) is 0.219. The van der Waals surface area contributed by atoms with E-state index in [-0.39, 0.29) is 0 Å². The predicted octanol–water partition coefficient (Wildman–Crippen LogP) is 8.37. The first-order valence-electron chi connectivity index (χ1n) is 12.4. The van der Waals surface area contributed by atoms with Crippen LogP contribution in [-0.4, -0.2) is 0 Å². The van der Waals surface area contributed by atoms with Crippen LogP contribution in [0.15, 0.2) is 140 Å². The molecule has 0 aliphatic rings. The smallest absolute Gasteiger partial charge is 0.0630 e. The van der Waals surface area contributed by atoms with E-state index >= 15 is 0 Å². The molecule has 0 aromatic heterocycles. The van der Waals surface area contributed by atoms with Gasteiger partial charge in [-0.05, 0) is 66.1 Å². The molecule has 0 heterocycles. The molecule has 5 aromatic carbocycles. The molecule has 0 aliphatic carbocycles. The van der Waals surface area contributed by atoms with Crippen molar-refractivity contribution in [1.29, 1.82) is 0 Å². The van der Waals surface area contributed by atoms with Gasteiger partial charge in [0.1, 0.15) is 0 Å². The lowest BCUT2D eigenvalue weighted by Crippen LogP contribution is -2.25. The highest BCUT2D eigenvalue weighted by Crippen LogP contribution is 2.30. The van der Waals surface area contributed by atoms with Gasteiger partial charge in [0.2, 0.25) is 0 Å². The summed E-state index contributed by atoms with van der Waals surface area (Å²) in [4.78, 5) is 2.44. The van der Waals surface area contributed by atoms with Gasteiger partial charge in [0.25, 0.3) is 0 Å². The molecular weight excluding hydrogens is 438 g/mol. The first-order chi connectivity index (χ1) is 17.8. The van der Waals surface area contributed by atoms with Crippen LogP contribution in [0.2, 0.25) is 0 Å². The number of benzene rings is 5. The van der Waals surface area contributed by atoms with Crippen molar-refractivity contribution in [3.8, 4) is 0 Å². The minimum absolute atomic E-state index is 0.849. The Bertz CT molecular complexity index is 1270. The molecule has 0 saturated carbocycles. The number of anilines is 4. The molecular formula is C33H31N3. The number of hydrogen-bond acceptors (Lipinski definition) is 3. The van der Waals surface area contributed by atoms with Gasteiger partial charge < -0.3 is 4.90 Å². The van der Waals surface area contributed by atoms with E-state index in [0.29, 0.717) is 0 Å². The largest absolute Gasteiger partial charge is 0.363 e. The molecule has 0 bridgehead atoms. The molecule has 0 amide bonds. The number of hydrogen-bond donors (Lipinski definition) is 1. The summed E-state index contributed by atoms with van der Waals surface area (Å²) >= 11 is 0. The molecule has 5 aromatic rings. The lowest BCUT2D eigenvalue weighted by atomic mass is 10.1. The van der Waals surface area contributed by atoms with E-state index in [1.165, 1.54) is 22.4 Å². The Balaban J connectivity index is 1.44. The number of aryl methyl sites for hydroxylation is 1. The lowest BCUT2D eigenvalue weighted by molar-refractivity contribution is 0.799. The van der Waals surface area contributed by atoms with Gasteiger partial charge in [-0.3, -0.25) is 10.4 Å². The summed E-state index contributed by atoms with van der Waals surface area (Å²) in [7, 11) is 0. The van der Waals surface area contributed by atoms with Crippen molar-refractivity contribution in [3.05, 3.63) is 156 Å². The molecule has 3 heteroatoms. The highest BCUT2D eigenvalue weighted by Gasteiger charge is 2.13. The Morgan fingerprint density at radius 3 is 1.39 bits per heavy atom. The predicted molar refractivity (Wildman–Crippen MR) is 153 cm³/mol. The number of nitrogens with one attached hydrogen (secondary N) is 1. The summed E-state index contributed by atoms with van der Waals surface area (Å²) in [5.41, 5.74) is 11.9. The third-order valence-electron chi connectivity index (χ3n) is 6.27. The third kappa shape index (κ3) is 5.76. The second-order valence-electron chi connectivity index (χ2n) is 8.94. The fourth-order valence-corrected chi connectivity index (χ4v) is 4.37. The van der Waals surface area contributed by atoms with Gasteiger partial charge in [-0.1, -0.05) is 97.1 Å². The van der Waals surface area contributed by atoms with Crippen LogP contribution < -0.4 is 15.3 Å². The molecule has 0 fully saturated rings. The van der Waals surface area contributed by atoms with E-state index in [9.17, 15) is 0 Å². The van der Waals surface area contributed by atoms with Crippen molar-refractivity contribution in [2.75, 3.05) is 15.3 Å². The summed E-state index contributed by atoms with van der Waals surface area (Å²) in [6, 6.07) is 48.8. The van der Waals surface area contributed by atoms with Gasteiger partial charge in [0.05, 0.1) is 17.1 Å². The van der Waals surface area contributed by atoms with Crippen molar-refractivity contribution in [3.63, 3.8) is 0 Å². The van der Waals surface area contributed by atoms with Crippen LogP contribution in [0, 0.1) is 6.92 Å². The van der Waals surface area contributed by atoms with Crippen LogP contribution in [-0.2, 0) is 13.1 Å². The fourth-order valence-electron chi connectivity index (χ4n) is 4.37. The highest BCUT2D eigenvalue weighted by atomic mass is 15.5. The number of rotatable bonds is 9. The molecule has 0 aliphatic heterocycles. The summed E-state index contributed by atoms with van der Waals surface area (Å²) in [6.45, 7) is 3.87. The van der Waals surface area contributed by atoms with E-state index in [4.69, 9.17) is 0 Å².